The maximum absolute atomic E-state index is 14.3. The van der Waals surface area contributed by atoms with Crippen LogP contribution in [0.2, 0.25) is 0 Å². The second kappa shape index (κ2) is 11.3. The topological polar surface area (TPSA) is 88.6 Å². The van der Waals surface area contributed by atoms with Crippen molar-refractivity contribution in [3.05, 3.63) is 36.3 Å². The van der Waals surface area contributed by atoms with E-state index in [1.807, 2.05) is 24.3 Å². The fraction of sp³-hybridized carbons (Fsp3) is 0.542. The van der Waals surface area contributed by atoms with Gasteiger partial charge in [0, 0.05) is 37.4 Å². The molecular formula is C24H32FN5O3. The standard InChI is InChI=1S/C24H32FN5O3/c1-17(31)27-19-4-2-3-18(5-6-19)16-33-23-22(25)15-26-24(29-23)28-20-7-9-21(10-8-20)30-11-13-32-14-12-30/h7-10,15,18-19H,2-6,11-14,16H2,1H3,(H,27,31)(H,26,28,29). The zero-order chi connectivity index (χ0) is 23.0. The number of morpholine rings is 1. The van der Waals surface area contributed by atoms with Crippen LogP contribution in [-0.2, 0) is 9.53 Å². The zero-order valence-corrected chi connectivity index (χ0v) is 19.1. The van der Waals surface area contributed by atoms with Gasteiger partial charge >= 0.3 is 0 Å². The Morgan fingerprint density at radius 3 is 2.73 bits per heavy atom. The first-order valence-corrected chi connectivity index (χ1v) is 11.7. The molecule has 1 saturated heterocycles. The monoisotopic (exact) mass is 457 g/mol. The molecule has 178 valence electrons. The first-order chi connectivity index (χ1) is 16.1. The lowest BCUT2D eigenvalue weighted by Gasteiger charge is -2.28. The van der Waals surface area contributed by atoms with E-state index in [1.165, 1.54) is 0 Å². The van der Waals surface area contributed by atoms with Gasteiger partial charge in [-0.3, -0.25) is 4.79 Å². The van der Waals surface area contributed by atoms with E-state index in [-0.39, 0.29) is 23.8 Å². The molecule has 1 saturated carbocycles. The van der Waals surface area contributed by atoms with Crippen molar-refractivity contribution < 1.29 is 18.7 Å². The molecule has 1 aliphatic heterocycles. The summed E-state index contributed by atoms with van der Waals surface area (Å²) >= 11 is 0. The molecule has 0 spiro atoms. The number of halogens is 1. The molecule has 1 amide bonds. The fourth-order valence-electron chi connectivity index (χ4n) is 4.39. The number of hydrogen-bond donors (Lipinski definition) is 2. The van der Waals surface area contributed by atoms with Crippen molar-refractivity contribution >= 4 is 23.2 Å². The van der Waals surface area contributed by atoms with Gasteiger partial charge in [0.15, 0.2) is 0 Å². The molecule has 0 bridgehead atoms. The summed E-state index contributed by atoms with van der Waals surface area (Å²) in [5, 5.41) is 6.12. The van der Waals surface area contributed by atoms with Crippen LogP contribution in [0.5, 0.6) is 5.88 Å². The number of nitrogens with one attached hydrogen (secondary N) is 2. The van der Waals surface area contributed by atoms with Crippen LogP contribution in [0.25, 0.3) is 0 Å². The van der Waals surface area contributed by atoms with Gasteiger partial charge < -0.3 is 25.0 Å². The Morgan fingerprint density at radius 2 is 1.97 bits per heavy atom. The third-order valence-corrected chi connectivity index (χ3v) is 6.16. The minimum atomic E-state index is -0.576. The average Bonchev–Trinajstić information content (AvgIpc) is 3.05. The van der Waals surface area contributed by atoms with Crippen LogP contribution in [0.1, 0.15) is 39.0 Å². The average molecular weight is 458 g/mol. The first kappa shape index (κ1) is 23.2. The van der Waals surface area contributed by atoms with Gasteiger partial charge in [0.2, 0.25) is 17.7 Å². The number of hydrogen-bond acceptors (Lipinski definition) is 7. The van der Waals surface area contributed by atoms with Crippen LogP contribution in [0.4, 0.5) is 21.7 Å². The Hall–Kier alpha value is -2.94. The molecule has 8 nitrogen and oxygen atoms in total. The van der Waals surface area contributed by atoms with Crippen molar-refractivity contribution in [3.63, 3.8) is 0 Å². The number of anilines is 3. The predicted molar refractivity (Wildman–Crippen MR) is 124 cm³/mol. The Morgan fingerprint density at radius 1 is 1.18 bits per heavy atom. The molecule has 9 heteroatoms. The molecular weight excluding hydrogens is 425 g/mol. The normalized spacial score (nSPS) is 21.2. The third kappa shape index (κ3) is 6.77. The van der Waals surface area contributed by atoms with Crippen molar-refractivity contribution in [2.45, 2.75) is 45.1 Å². The van der Waals surface area contributed by atoms with E-state index < -0.39 is 5.82 Å². The number of carbonyl (C=O) groups excluding carboxylic acids is 1. The quantitative estimate of drug-likeness (QED) is 0.614. The molecule has 2 aliphatic rings. The van der Waals surface area contributed by atoms with Crippen LogP contribution < -0.4 is 20.3 Å². The highest BCUT2D eigenvalue weighted by Crippen LogP contribution is 2.26. The molecule has 2 heterocycles. The van der Waals surface area contributed by atoms with Crippen LogP contribution >= 0.6 is 0 Å². The van der Waals surface area contributed by atoms with E-state index in [1.54, 1.807) is 6.92 Å². The summed E-state index contributed by atoms with van der Waals surface area (Å²) in [5.74, 6) is -0.0130. The zero-order valence-electron chi connectivity index (χ0n) is 19.1. The van der Waals surface area contributed by atoms with Gasteiger partial charge in [-0.25, -0.2) is 4.98 Å². The summed E-state index contributed by atoms with van der Waals surface area (Å²) in [5.41, 5.74) is 1.95. The van der Waals surface area contributed by atoms with E-state index in [2.05, 4.69) is 25.5 Å². The number of aromatic nitrogens is 2. The SMILES string of the molecule is CC(=O)NC1CCCC(COc2nc(Nc3ccc(N4CCOCC4)cc3)ncc2F)CC1. The molecule has 2 atom stereocenters. The highest BCUT2D eigenvalue weighted by atomic mass is 19.1. The van der Waals surface area contributed by atoms with Gasteiger partial charge in [-0.2, -0.15) is 9.37 Å². The molecule has 2 fully saturated rings. The number of benzene rings is 1. The second-order valence-electron chi connectivity index (χ2n) is 8.70. The van der Waals surface area contributed by atoms with Crippen LogP contribution in [0.3, 0.4) is 0 Å². The Labute approximate surface area is 193 Å². The minimum absolute atomic E-state index is 0.00789. The lowest BCUT2D eigenvalue weighted by atomic mass is 10.0. The van der Waals surface area contributed by atoms with Gasteiger partial charge in [-0.1, -0.05) is 6.42 Å². The largest absolute Gasteiger partial charge is 0.475 e. The lowest BCUT2D eigenvalue weighted by Crippen LogP contribution is -2.36. The van der Waals surface area contributed by atoms with Gasteiger partial charge in [-0.05, 0) is 55.9 Å². The molecule has 2 N–H and O–H groups in total. The molecule has 1 aliphatic carbocycles. The Kier molecular flexibility index (Phi) is 7.93. The van der Waals surface area contributed by atoms with Gasteiger partial charge in [-0.15, -0.1) is 0 Å². The van der Waals surface area contributed by atoms with E-state index in [0.717, 1.165) is 76.0 Å². The highest BCUT2D eigenvalue weighted by Gasteiger charge is 2.21. The van der Waals surface area contributed by atoms with E-state index in [4.69, 9.17) is 9.47 Å². The summed E-state index contributed by atoms with van der Waals surface area (Å²) in [7, 11) is 0. The van der Waals surface area contributed by atoms with Crippen molar-refractivity contribution in [1.29, 1.82) is 0 Å². The van der Waals surface area contributed by atoms with Crippen molar-refractivity contribution in [3.8, 4) is 5.88 Å². The maximum atomic E-state index is 14.3. The van der Waals surface area contributed by atoms with E-state index in [9.17, 15) is 9.18 Å². The van der Waals surface area contributed by atoms with Crippen LogP contribution in [0, 0.1) is 11.7 Å². The first-order valence-electron chi connectivity index (χ1n) is 11.7. The molecule has 1 aromatic heterocycles. The number of ether oxygens (including phenoxy) is 2. The van der Waals surface area contributed by atoms with Gasteiger partial charge in [0.1, 0.15) is 0 Å². The maximum Gasteiger partial charge on any atom is 0.255 e. The summed E-state index contributed by atoms with van der Waals surface area (Å²) in [6.07, 6.45) is 5.94. The van der Waals surface area contributed by atoms with E-state index >= 15 is 0 Å². The fourth-order valence-corrected chi connectivity index (χ4v) is 4.39. The molecule has 0 radical (unpaired) electrons. The molecule has 2 unspecified atom stereocenters. The van der Waals surface area contributed by atoms with Crippen molar-refractivity contribution in [1.82, 2.24) is 15.3 Å². The summed E-state index contributed by atoms with van der Waals surface area (Å²) in [6, 6.07) is 8.20. The molecule has 2 aromatic rings. The summed E-state index contributed by atoms with van der Waals surface area (Å²) in [4.78, 5) is 21.9. The van der Waals surface area contributed by atoms with Crippen LogP contribution in [-0.4, -0.2) is 54.8 Å². The van der Waals surface area contributed by atoms with Crippen LogP contribution in [0.15, 0.2) is 30.5 Å². The lowest BCUT2D eigenvalue weighted by molar-refractivity contribution is -0.119. The molecule has 1 aromatic carbocycles. The Balaban J connectivity index is 1.31. The van der Waals surface area contributed by atoms with E-state index in [0.29, 0.717) is 12.5 Å². The minimum Gasteiger partial charge on any atom is -0.475 e. The summed E-state index contributed by atoms with van der Waals surface area (Å²) < 4.78 is 25.4. The van der Waals surface area contributed by atoms with Gasteiger partial charge in [0.05, 0.1) is 26.0 Å². The number of amides is 1. The van der Waals surface area contributed by atoms with Crippen molar-refractivity contribution in [2.24, 2.45) is 5.92 Å². The second-order valence-corrected chi connectivity index (χ2v) is 8.70. The number of nitrogens with zero attached hydrogens (tertiary/aromatic N) is 3. The predicted octanol–water partition coefficient (Wildman–Crippen LogP) is 3.66. The smallest absolute Gasteiger partial charge is 0.255 e. The highest BCUT2D eigenvalue weighted by molar-refractivity contribution is 5.73. The Bertz CT molecular complexity index is 921. The number of carbonyl (C=O) groups is 1. The van der Waals surface area contributed by atoms with Gasteiger partial charge in [0.25, 0.3) is 5.88 Å². The molecule has 4 rings (SSSR count). The number of rotatable bonds is 7. The molecule has 33 heavy (non-hydrogen) atoms. The van der Waals surface area contributed by atoms with Crippen molar-refractivity contribution in [2.75, 3.05) is 43.1 Å². The summed E-state index contributed by atoms with van der Waals surface area (Å²) in [6.45, 7) is 5.18. The third-order valence-electron chi connectivity index (χ3n) is 6.16.